The molecule has 0 aliphatic heterocycles. The van der Waals surface area contributed by atoms with E-state index in [-0.39, 0.29) is 7.43 Å². The second-order valence-corrected chi connectivity index (χ2v) is 2.06. The molecule has 0 heterocycles. The van der Waals surface area contributed by atoms with Crippen LogP contribution in [-0.2, 0) is 0 Å². The Balaban J connectivity index is -0.0000000192. The average Bonchev–Trinajstić information content (AvgIpc) is 3.26. The molecule has 1 saturated carbocycles. The Hall–Kier alpha value is 0. The van der Waals surface area contributed by atoms with Crippen molar-refractivity contribution in [2.75, 3.05) is 0 Å². The maximum Gasteiger partial charge on any atom is -0.0533 e. The van der Waals surface area contributed by atoms with Crippen LogP contribution in [0.3, 0.4) is 0 Å². The van der Waals surface area contributed by atoms with E-state index in [9.17, 15) is 0 Å². The van der Waals surface area contributed by atoms with Gasteiger partial charge in [-0.2, -0.15) is 0 Å². The summed E-state index contributed by atoms with van der Waals surface area (Å²) in [5.74, 6) is 0. The van der Waals surface area contributed by atoms with Gasteiger partial charge in [-0.15, -0.1) is 0 Å². The summed E-state index contributed by atoms with van der Waals surface area (Å²) < 4.78 is 0. The van der Waals surface area contributed by atoms with Gasteiger partial charge in [-0.3, -0.25) is 0 Å². The SMILES string of the molecule is C.C1CC1.CC.CC.CC.CC.CCCC. The highest BCUT2D eigenvalue weighted by molar-refractivity contribution is 4.50. The minimum absolute atomic E-state index is 0. The van der Waals surface area contributed by atoms with Crippen LogP contribution in [0.5, 0.6) is 0 Å². The third kappa shape index (κ3) is 592. The number of unbranched alkanes of at least 4 members (excludes halogenated alkanes) is 1. The molecule has 108 valence electrons. The lowest BCUT2D eigenvalue weighted by molar-refractivity contribution is 0.886. The largest absolute Gasteiger partial charge is 0.0776 e. The molecule has 1 aliphatic rings. The van der Waals surface area contributed by atoms with Crippen molar-refractivity contribution in [3.05, 3.63) is 0 Å². The van der Waals surface area contributed by atoms with E-state index < -0.39 is 0 Å². The molecule has 1 fully saturated rings. The van der Waals surface area contributed by atoms with Gasteiger partial charge in [0.25, 0.3) is 0 Å². The molecular weight excluding hydrogens is 192 g/mol. The Morgan fingerprint density at radius 1 is 0.500 bits per heavy atom. The molecule has 0 aromatic heterocycles. The predicted molar refractivity (Wildman–Crippen MR) is 86.6 cm³/mol. The molecule has 0 aromatic rings. The topological polar surface area (TPSA) is 0 Å². The fourth-order valence-corrected chi connectivity index (χ4v) is 0. The molecule has 0 bridgehead atoms. The van der Waals surface area contributed by atoms with E-state index in [2.05, 4.69) is 13.8 Å². The molecule has 0 aromatic carbocycles. The Morgan fingerprint density at radius 2 is 0.625 bits per heavy atom. The highest BCUT2D eigenvalue weighted by Gasteiger charge is 1.95. The van der Waals surface area contributed by atoms with Gasteiger partial charge in [0.15, 0.2) is 0 Å². The van der Waals surface area contributed by atoms with Crippen LogP contribution in [0.15, 0.2) is 0 Å². The van der Waals surface area contributed by atoms with Gasteiger partial charge in [-0.1, -0.05) is 109 Å². The number of hydrogen-bond acceptors (Lipinski definition) is 0. The summed E-state index contributed by atoms with van der Waals surface area (Å²) in [7, 11) is 0. The molecule has 0 radical (unpaired) electrons. The normalized spacial score (nSPS) is 7.88. The quantitative estimate of drug-likeness (QED) is 0.437. The lowest BCUT2D eigenvalue weighted by atomic mass is 10.4. The monoisotopic (exact) mass is 236 g/mol. The van der Waals surface area contributed by atoms with E-state index in [1.54, 1.807) is 0 Å². The molecule has 0 amide bonds. The van der Waals surface area contributed by atoms with Crippen molar-refractivity contribution in [1.29, 1.82) is 0 Å². The van der Waals surface area contributed by atoms with Gasteiger partial charge in [-0.05, 0) is 0 Å². The predicted octanol–water partition coefficient (Wildman–Crippen LogP) is 7.72. The van der Waals surface area contributed by atoms with Crippen LogP contribution >= 0.6 is 0 Å². The molecule has 0 atom stereocenters. The Labute approximate surface area is 109 Å². The zero-order valence-electron chi connectivity index (χ0n) is 13.5. The molecule has 0 heteroatoms. The Kier molecular flexibility index (Phi) is 265. The van der Waals surface area contributed by atoms with Gasteiger partial charge >= 0.3 is 0 Å². The maximum absolute atomic E-state index is 2.18. The van der Waals surface area contributed by atoms with Crippen LogP contribution in [0.1, 0.15) is 109 Å². The Bertz CT molecular complexity index is 16.5. The highest BCUT2D eigenvalue weighted by atomic mass is 14.0. The minimum Gasteiger partial charge on any atom is -0.0776 e. The fraction of sp³-hybridized carbons (Fsp3) is 1.00. The van der Waals surface area contributed by atoms with Crippen molar-refractivity contribution in [3.63, 3.8) is 0 Å². The van der Waals surface area contributed by atoms with Crippen LogP contribution in [-0.4, -0.2) is 0 Å². The van der Waals surface area contributed by atoms with E-state index >= 15 is 0 Å². The van der Waals surface area contributed by atoms with E-state index in [4.69, 9.17) is 0 Å². The van der Waals surface area contributed by atoms with Gasteiger partial charge in [0.2, 0.25) is 0 Å². The summed E-state index contributed by atoms with van der Waals surface area (Å²) in [6.07, 6.45) is 7.14. The fourth-order valence-electron chi connectivity index (χ4n) is 0. The first-order valence-electron chi connectivity index (χ1n) is 7.41. The van der Waals surface area contributed by atoms with E-state index in [0.29, 0.717) is 0 Å². The molecule has 1 rings (SSSR count). The second kappa shape index (κ2) is 118. The maximum atomic E-state index is 2.18. The first kappa shape index (κ1) is 36.0. The first-order chi connectivity index (χ1) is 7.41. The van der Waals surface area contributed by atoms with Crippen molar-refractivity contribution < 1.29 is 0 Å². The second-order valence-electron chi connectivity index (χ2n) is 2.06. The third-order valence-corrected chi connectivity index (χ3v) is 0.854. The van der Waals surface area contributed by atoms with Gasteiger partial charge in [0, 0.05) is 0 Å². The van der Waals surface area contributed by atoms with E-state index in [0.717, 1.165) is 0 Å². The molecule has 0 spiro atoms. The first-order valence-corrected chi connectivity index (χ1v) is 7.41. The molecule has 0 unspecified atom stereocenters. The zero-order valence-corrected chi connectivity index (χ0v) is 13.5. The summed E-state index contributed by atoms with van der Waals surface area (Å²) in [6.45, 7) is 20.4. The van der Waals surface area contributed by atoms with Crippen molar-refractivity contribution >= 4 is 0 Å². The lowest BCUT2D eigenvalue weighted by Gasteiger charge is -1.68. The van der Waals surface area contributed by atoms with Crippen molar-refractivity contribution in [1.82, 2.24) is 0 Å². The van der Waals surface area contributed by atoms with Crippen molar-refractivity contribution in [2.45, 2.75) is 109 Å². The molecule has 1 aliphatic carbocycles. The Morgan fingerprint density at radius 3 is 0.625 bits per heavy atom. The molecule has 0 nitrogen and oxygen atoms in total. The third-order valence-electron chi connectivity index (χ3n) is 0.854. The summed E-state index contributed by atoms with van der Waals surface area (Å²) in [4.78, 5) is 0. The van der Waals surface area contributed by atoms with Gasteiger partial charge in [0.05, 0.1) is 0 Å². The van der Waals surface area contributed by atoms with Gasteiger partial charge < -0.3 is 0 Å². The molecule has 0 N–H and O–H groups in total. The van der Waals surface area contributed by atoms with Crippen molar-refractivity contribution in [3.8, 4) is 0 Å². The summed E-state index contributed by atoms with van der Waals surface area (Å²) in [5.41, 5.74) is 0. The number of hydrogen-bond donors (Lipinski definition) is 0. The van der Waals surface area contributed by atoms with Crippen LogP contribution in [0.2, 0.25) is 0 Å². The number of rotatable bonds is 1. The van der Waals surface area contributed by atoms with Crippen LogP contribution in [0, 0.1) is 0 Å². The van der Waals surface area contributed by atoms with Crippen LogP contribution in [0.4, 0.5) is 0 Å². The van der Waals surface area contributed by atoms with E-state index in [1.165, 1.54) is 32.1 Å². The lowest BCUT2D eigenvalue weighted by Crippen LogP contribution is -1.47. The average molecular weight is 237 g/mol. The molecular formula is C16H44. The zero-order chi connectivity index (χ0) is 13.5. The summed E-state index contributed by atoms with van der Waals surface area (Å²) in [5, 5.41) is 0. The van der Waals surface area contributed by atoms with Crippen molar-refractivity contribution in [2.24, 2.45) is 0 Å². The smallest absolute Gasteiger partial charge is 0.0533 e. The van der Waals surface area contributed by atoms with Gasteiger partial charge in [0.1, 0.15) is 0 Å². The molecule has 16 heavy (non-hydrogen) atoms. The molecule has 0 saturated heterocycles. The van der Waals surface area contributed by atoms with Crippen LogP contribution < -0.4 is 0 Å². The summed E-state index contributed by atoms with van der Waals surface area (Å²) >= 11 is 0. The minimum atomic E-state index is 0. The van der Waals surface area contributed by atoms with E-state index in [1.807, 2.05) is 55.4 Å². The van der Waals surface area contributed by atoms with Gasteiger partial charge in [-0.25, -0.2) is 0 Å². The standard InChI is InChI=1S/C4H10.C3H6.4C2H6.CH4/c1-3-4-2;1-2-3-1;4*1-2;/h3-4H2,1-2H3;1-3H2;4*1-2H3;1H4. The summed E-state index contributed by atoms with van der Waals surface area (Å²) in [6, 6.07) is 0. The highest BCUT2D eigenvalue weighted by Crippen LogP contribution is 2.14. The van der Waals surface area contributed by atoms with Crippen LogP contribution in [0.25, 0.3) is 0 Å².